The van der Waals surface area contributed by atoms with E-state index in [9.17, 15) is 0 Å². The van der Waals surface area contributed by atoms with Crippen molar-refractivity contribution in [2.45, 2.75) is 31.9 Å². The van der Waals surface area contributed by atoms with Gasteiger partial charge in [-0.25, -0.2) is 0 Å². The Bertz CT molecular complexity index is 169. The lowest BCUT2D eigenvalue weighted by atomic mass is 9.86. The summed E-state index contributed by atoms with van der Waals surface area (Å²) in [6.07, 6.45) is 1.78. The molecule has 0 aromatic rings. The van der Waals surface area contributed by atoms with E-state index in [1.165, 1.54) is 6.42 Å². The van der Waals surface area contributed by atoms with E-state index in [-0.39, 0.29) is 0 Å². The number of likely N-dealkylation sites (tertiary alicyclic amines) is 1. The molecule has 0 radical (unpaired) electrons. The summed E-state index contributed by atoms with van der Waals surface area (Å²) in [4.78, 5) is 2.48. The van der Waals surface area contributed by atoms with Crippen LogP contribution < -0.4 is 0 Å². The van der Waals surface area contributed by atoms with Crippen LogP contribution in [0.4, 0.5) is 0 Å². The van der Waals surface area contributed by atoms with Gasteiger partial charge >= 0.3 is 0 Å². The highest BCUT2D eigenvalue weighted by molar-refractivity contribution is 5.05. The highest BCUT2D eigenvalue weighted by Gasteiger charge is 2.51. The average Bonchev–Trinajstić information content (AvgIpc) is 2.43. The minimum atomic E-state index is 0.380. The van der Waals surface area contributed by atoms with E-state index >= 15 is 0 Å². The van der Waals surface area contributed by atoms with Gasteiger partial charge in [0.25, 0.3) is 0 Å². The third-order valence-electron chi connectivity index (χ3n) is 3.46. The van der Waals surface area contributed by atoms with E-state index in [4.69, 9.17) is 4.74 Å². The minimum absolute atomic E-state index is 0.380. The molecule has 2 heterocycles. The number of hydrogen-bond donors (Lipinski definition) is 0. The zero-order valence-electron chi connectivity index (χ0n) is 7.63. The maximum absolute atomic E-state index is 5.65. The molecule has 2 fully saturated rings. The van der Waals surface area contributed by atoms with Crippen LogP contribution in [0.3, 0.4) is 0 Å². The first-order valence-corrected chi connectivity index (χ1v) is 4.48. The van der Waals surface area contributed by atoms with Crippen molar-refractivity contribution in [3.05, 3.63) is 0 Å². The lowest BCUT2D eigenvalue weighted by molar-refractivity contribution is -0.0144. The van der Waals surface area contributed by atoms with Gasteiger partial charge in [0.05, 0.1) is 12.7 Å². The Morgan fingerprint density at radius 1 is 1.55 bits per heavy atom. The highest BCUT2D eigenvalue weighted by atomic mass is 16.5. The quantitative estimate of drug-likeness (QED) is 0.562. The van der Waals surface area contributed by atoms with Gasteiger partial charge in [0.2, 0.25) is 0 Å². The molecule has 2 bridgehead atoms. The second-order valence-electron chi connectivity index (χ2n) is 4.28. The van der Waals surface area contributed by atoms with Crippen LogP contribution in [0.1, 0.15) is 20.3 Å². The van der Waals surface area contributed by atoms with Crippen molar-refractivity contribution in [1.29, 1.82) is 0 Å². The number of ether oxygens (including phenoxy) is 1. The molecule has 2 rings (SSSR count). The predicted octanol–water partition coefficient (Wildman–Crippen LogP) is 1.12. The van der Waals surface area contributed by atoms with Gasteiger partial charge in [-0.2, -0.15) is 0 Å². The zero-order valence-corrected chi connectivity index (χ0v) is 7.63. The SMILES string of the molecule is CC(C)[C@@]12CO[C@H](CN1C)C2. The maximum Gasteiger partial charge on any atom is 0.0721 e. The number of morpholine rings is 1. The number of fused-ring (bicyclic) bond motifs is 2. The van der Waals surface area contributed by atoms with Gasteiger partial charge < -0.3 is 4.74 Å². The number of likely N-dealkylation sites (N-methyl/N-ethyl adjacent to an activating group) is 1. The molecule has 0 aromatic heterocycles. The summed E-state index contributed by atoms with van der Waals surface area (Å²) >= 11 is 0. The predicted molar refractivity (Wildman–Crippen MR) is 44.6 cm³/mol. The molecule has 0 aromatic carbocycles. The van der Waals surface area contributed by atoms with Crippen LogP contribution in [0.25, 0.3) is 0 Å². The highest BCUT2D eigenvalue weighted by Crippen LogP contribution is 2.41. The third-order valence-corrected chi connectivity index (χ3v) is 3.46. The molecule has 2 atom stereocenters. The molecule has 11 heavy (non-hydrogen) atoms. The first-order chi connectivity index (χ1) is 5.15. The van der Waals surface area contributed by atoms with Crippen molar-refractivity contribution in [3.8, 4) is 0 Å². The topological polar surface area (TPSA) is 12.5 Å². The Morgan fingerprint density at radius 2 is 2.27 bits per heavy atom. The van der Waals surface area contributed by atoms with Crippen molar-refractivity contribution < 1.29 is 4.74 Å². The van der Waals surface area contributed by atoms with Crippen molar-refractivity contribution in [2.75, 3.05) is 20.2 Å². The summed E-state index contributed by atoms with van der Waals surface area (Å²) < 4.78 is 5.65. The fourth-order valence-electron chi connectivity index (χ4n) is 2.49. The number of rotatable bonds is 1. The largest absolute Gasteiger partial charge is 0.375 e. The van der Waals surface area contributed by atoms with Crippen LogP contribution in [-0.2, 0) is 4.74 Å². The average molecular weight is 155 g/mol. The minimum Gasteiger partial charge on any atom is -0.375 e. The molecule has 0 N–H and O–H groups in total. The zero-order chi connectivity index (χ0) is 8.06. The van der Waals surface area contributed by atoms with Crippen LogP contribution >= 0.6 is 0 Å². The van der Waals surface area contributed by atoms with Crippen molar-refractivity contribution in [3.63, 3.8) is 0 Å². The Kier molecular flexibility index (Phi) is 1.52. The summed E-state index contributed by atoms with van der Waals surface area (Å²) in [6, 6.07) is 0. The third kappa shape index (κ3) is 0.859. The Hall–Kier alpha value is -0.0800. The monoisotopic (exact) mass is 155 g/mol. The van der Waals surface area contributed by atoms with Crippen molar-refractivity contribution >= 4 is 0 Å². The van der Waals surface area contributed by atoms with Gasteiger partial charge in [0.1, 0.15) is 0 Å². The maximum atomic E-state index is 5.65. The normalized spacial score (nSPS) is 44.2. The fraction of sp³-hybridized carbons (Fsp3) is 1.00. The van der Waals surface area contributed by atoms with Crippen molar-refractivity contribution in [2.24, 2.45) is 5.92 Å². The molecule has 64 valence electrons. The molecule has 2 aliphatic heterocycles. The lowest BCUT2D eigenvalue weighted by Gasteiger charge is -2.38. The molecule has 0 amide bonds. The molecular weight excluding hydrogens is 138 g/mol. The summed E-state index contributed by atoms with van der Waals surface area (Å²) in [5, 5.41) is 0. The van der Waals surface area contributed by atoms with E-state index in [0.29, 0.717) is 11.6 Å². The molecule has 0 saturated carbocycles. The Labute approximate surface area is 68.5 Å². The van der Waals surface area contributed by atoms with Crippen LogP contribution in [0.5, 0.6) is 0 Å². The summed E-state index contributed by atoms with van der Waals surface area (Å²) in [5.41, 5.74) is 0.380. The van der Waals surface area contributed by atoms with E-state index in [1.54, 1.807) is 0 Å². The second-order valence-corrected chi connectivity index (χ2v) is 4.28. The molecule has 2 aliphatic rings. The fourth-order valence-corrected chi connectivity index (χ4v) is 2.49. The molecule has 0 spiro atoms. The first-order valence-electron chi connectivity index (χ1n) is 4.48. The van der Waals surface area contributed by atoms with Crippen molar-refractivity contribution in [1.82, 2.24) is 4.90 Å². The van der Waals surface area contributed by atoms with Gasteiger partial charge in [-0.3, -0.25) is 4.90 Å². The lowest BCUT2D eigenvalue weighted by Crippen LogP contribution is -2.49. The van der Waals surface area contributed by atoms with Gasteiger partial charge in [-0.05, 0) is 19.4 Å². The van der Waals surface area contributed by atoms with Gasteiger partial charge in [0, 0.05) is 12.1 Å². The van der Waals surface area contributed by atoms with Gasteiger partial charge in [-0.15, -0.1) is 0 Å². The number of hydrogen-bond acceptors (Lipinski definition) is 2. The Balaban J connectivity index is 2.22. The second kappa shape index (κ2) is 2.20. The van der Waals surface area contributed by atoms with E-state index < -0.39 is 0 Å². The summed E-state index contributed by atoms with van der Waals surface area (Å²) in [7, 11) is 2.22. The van der Waals surface area contributed by atoms with E-state index in [1.807, 2.05) is 0 Å². The Morgan fingerprint density at radius 3 is 2.55 bits per heavy atom. The summed E-state index contributed by atoms with van der Waals surface area (Å²) in [6.45, 7) is 6.69. The van der Waals surface area contributed by atoms with Crippen LogP contribution in [0.15, 0.2) is 0 Å². The summed E-state index contributed by atoms with van der Waals surface area (Å²) in [5.74, 6) is 0.722. The molecule has 2 nitrogen and oxygen atoms in total. The molecule has 0 aliphatic carbocycles. The van der Waals surface area contributed by atoms with Gasteiger partial charge in [0.15, 0.2) is 0 Å². The standard InChI is InChI=1S/C9H17NO/c1-7(2)9-4-8(11-6-9)5-10(9)3/h7-8H,4-6H2,1-3H3/t8-,9+/m0/s1. The van der Waals surface area contributed by atoms with E-state index in [2.05, 4.69) is 25.8 Å². The smallest absolute Gasteiger partial charge is 0.0721 e. The number of nitrogens with zero attached hydrogens (tertiary/aromatic N) is 1. The molecular formula is C9H17NO. The van der Waals surface area contributed by atoms with E-state index in [0.717, 1.165) is 19.1 Å². The van der Waals surface area contributed by atoms with Crippen LogP contribution in [0.2, 0.25) is 0 Å². The molecule has 2 saturated heterocycles. The van der Waals surface area contributed by atoms with Crippen LogP contribution in [-0.4, -0.2) is 36.7 Å². The molecule has 2 heteroatoms. The molecule has 0 unspecified atom stereocenters. The first kappa shape index (κ1) is 7.56. The van der Waals surface area contributed by atoms with Crippen LogP contribution in [0, 0.1) is 5.92 Å². The van der Waals surface area contributed by atoms with Gasteiger partial charge in [-0.1, -0.05) is 13.8 Å².